The number of thiol groups is 2. The second-order valence-electron chi connectivity index (χ2n) is 10.6. The molecule has 7 rings (SSSR count). The minimum Gasteiger partial charge on any atom is -0.382 e. The fraction of sp³-hybridized carbons (Fsp3) is 0.478. The number of rotatable bonds is 4. The largest absolute Gasteiger partial charge is 0.386 e. The van der Waals surface area contributed by atoms with Gasteiger partial charge in [0.1, 0.15) is 36.3 Å². The average molecular weight is 735 g/mol. The third-order valence-corrected chi connectivity index (χ3v) is 11.0. The standard InChI is InChI=1S/C23H26F2N10O8P2S2/c1-27-19-15(20-28-3-4-33(20)2)32-9-34(19)22-12(24)16-10(40-22)5-38-45(37,47)43-17-11(6-39-44(36,46)42-16)41-23(13(17)25)35-8-31-14-18(26)29-7-30-21(14)35/h3-4,7-13,16-17,22-23H,1,5-6H2,2H3,(H,36,46)(H,37,47)(H2,26,29,30)/t10-,11-,12-,13-,16-,17-,22-,23-,44?,45?/m1/s1. The molecule has 3 aliphatic heterocycles. The van der Waals surface area contributed by atoms with Crippen LogP contribution in [0.1, 0.15) is 12.5 Å². The van der Waals surface area contributed by atoms with Gasteiger partial charge in [0.05, 0.1) is 25.9 Å². The molecule has 3 aliphatic rings. The van der Waals surface area contributed by atoms with Crippen LogP contribution in [0.4, 0.5) is 20.4 Å². The number of nitrogen functional groups attached to an aromatic ring is 1. The maximum Gasteiger partial charge on any atom is 0.386 e. The van der Waals surface area contributed by atoms with E-state index in [0.717, 1.165) is 6.33 Å². The number of ether oxygens (including phenoxy) is 2. The Hall–Kier alpha value is -2.78. The zero-order valence-corrected chi connectivity index (χ0v) is 27.6. The molecule has 18 nitrogen and oxygen atoms in total. The Labute approximate surface area is 274 Å². The SMILES string of the molecule is C=Nc1c(-c2nccn2C)ncn1[C@@H]1O[C@@H]2COP(=O)(S)O[C@H]3[C@@H](F)[C@H](n4cnc5c(N)ncnc54)O[C@@H]3COP(=O)(S)O[C@H]2[C@H]1F. The summed E-state index contributed by atoms with van der Waals surface area (Å²) >= 11 is 8.04. The van der Waals surface area contributed by atoms with Crippen molar-refractivity contribution in [2.24, 2.45) is 12.0 Å². The molecule has 0 aliphatic carbocycles. The fourth-order valence-electron chi connectivity index (χ4n) is 5.57. The van der Waals surface area contributed by atoms with Gasteiger partial charge in [-0.1, -0.05) is 24.5 Å². The molecule has 2 N–H and O–H groups in total. The van der Waals surface area contributed by atoms with Crippen LogP contribution in [-0.4, -0.2) is 95.3 Å². The summed E-state index contributed by atoms with van der Waals surface area (Å²) in [4.78, 5) is 24.6. The first-order valence-corrected chi connectivity index (χ1v) is 19.1. The number of aromatic nitrogens is 8. The normalized spacial score (nSPS) is 36.4. The van der Waals surface area contributed by atoms with Crippen LogP contribution in [0.15, 0.2) is 36.4 Å². The van der Waals surface area contributed by atoms with Gasteiger partial charge in [-0.25, -0.2) is 47.8 Å². The van der Waals surface area contributed by atoms with E-state index in [0.29, 0.717) is 5.82 Å². The Morgan fingerprint density at radius 3 is 2.11 bits per heavy atom. The highest BCUT2D eigenvalue weighted by Gasteiger charge is 2.54. The Balaban J connectivity index is 1.16. The summed E-state index contributed by atoms with van der Waals surface area (Å²) < 4.78 is 96.9. The van der Waals surface area contributed by atoms with E-state index in [9.17, 15) is 9.13 Å². The van der Waals surface area contributed by atoms with Gasteiger partial charge in [0.15, 0.2) is 53.6 Å². The second kappa shape index (κ2) is 12.3. The van der Waals surface area contributed by atoms with E-state index in [1.807, 2.05) is 0 Å². The van der Waals surface area contributed by atoms with Crippen molar-refractivity contribution < 1.29 is 45.5 Å². The summed E-state index contributed by atoms with van der Waals surface area (Å²) in [7, 11) is 1.74. The lowest BCUT2D eigenvalue weighted by Gasteiger charge is -2.28. The second-order valence-corrected chi connectivity index (χ2v) is 16.4. The molecule has 0 saturated carbocycles. The van der Waals surface area contributed by atoms with Gasteiger partial charge in [0.2, 0.25) is 0 Å². The molecule has 0 radical (unpaired) electrons. The summed E-state index contributed by atoms with van der Waals surface area (Å²) in [6.07, 6.45) is -6.09. The number of halogens is 2. The molecule has 0 amide bonds. The van der Waals surface area contributed by atoms with Gasteiger partial charge < -0.3 is 19.8 Å². The summed E-state index contributed by atoms with van der Waals surface area (Å²) in [6.45, 7) is -6.56. The molecule has 252 valence electrons. The molecule has 3 fully saturated rings. The van der Waals surface area contributed by atoms with Crippen molar-refractivity contribution in [3.8, 4) is 11.5 Å². The molecule has 10 atom stereocenters. The molecule has 3 saturated heterocycles. The number of nitrogens with zero attached hydrogens (tertiary/aromatic N) is 9. The van der Waals surface area contributed by atoms with Crippen molar-refractivity contribution in [2.45, 2.75) is 49.2 Å². The third kappa shape index (κ3) is 5.94. The molecule has 4 aromatic heterocycles. The first-order valence-electron chi connectivity index (χ1n) is 13.7. The Kier molecular flexibility index (Phi) is 8.55. The van der Waals surface area contributed by atoms with E-state index in [1.165, 1.54) is 21.8 Å². The zero-order chi connectivity index (χ0) is 33.2. The minimum atomic E-state index is -4.41. The number of anilines is 1. The van der Waals surface area contributed by atoms with E-state index in [-0.39, 0.29) is 28.5 Å². The molecule has 0 spiro atoms. The molecule has 0 aromatic carbocycles. The first-order chi connectivity index (χ1) is 22.4. The molecule has 47 heavy (non-hydrogen) atoms. The molecule has 24 heteroatoms. The van der Waals surface area contributed by atoms with Gasteiger partial charge in [-0.05, 0) is 6.72 Å². The van der Waals surface area contributed by atoms with Crippen molar-refractivity contribution in [3.05, 3.63) is 31.4 Å². The summed E-state index contributed by atoms with van der Waals surface area (Å²) in [5, 5.41) is 0. The van der Waals surface area contributed by atoms with Gasteiger partial charge in [-0.3, -0.25) is 27.2 Å². The van der Waals surface area contributed by atoms with E-state index in [4.69, 9.17) is 33.3 Å². The maximum absolute atomic E-state index is 16.2. The van der Waals surface area contributed by atoms with Crippen LogP contribution in [0.5, 0.6) is 0 Å². The van der Waals surface area contributed by atoms with Crippen LogP contribution in [0.25, 0.3) is 22.7 Å². The topological polar surface area (TPSA) is 207 Å². The van der Waals surface area contributed by atoms with E-state index >= 15 is 8.78 Å². The van der Waals surface area contributed by atoms with Crippen LogP contribution in [0, 0.1) is 0 Å². The number of aryl methyl sites for hydroxylation is 1. The lowest BCUT2D eigenvalue weighted by Crippen LogP contribution is -2.36. The predicted molar refractivity (Wildman–Crippen MR) is 166 cm³/mol. The number of fused-ring (bicyclic) bond motifs is 3. The number of hydrogen-bond donors (Lipinski definition) is 3. The van der Waals surface area contributed by atoms with Crippen LogP contribution < -0.4 is 5.73 Å². The number of hydrogen-bond acceptors (Lipinski definition) is 15. The molecular formula is C23H26F2N10O8P2S2. The molecular weight excluding hydrogens is 708 g/mol. The van der Waals surface area contributed by atoms with E-state index < -0.39 is 76.0 Å². The molecule has 7 heterocycles. The molecule has 2 unspecified atom stereocenters. The van der Waals surface area contributed by atoms with E-state index in [1.54, 1.807) is 24.0 Å². The minimum absolute atomic E-state index is 0.0504. The van der Waals surface area contributed by atoms with Gasteiger partial charge in [-0.2, -0.15) is 0 Å². The average Bonchev–Trinajstić information content (AvgIpc) is 3.84. The Morgan fingerprint density at radius 1 is 0.936 bits per heavy atom. The molecule has 4 aromatic rings. The van der Waals surface area contributed by atoms with Gasteiger partial charge in [0.25, 0.3) is 0 Å². The highest BCUT2D eigenvalue weighted by atomic mass is 32.7. The summed E-state index contributed by atoms with van der Waals surface area (Å²) in [5.41, 5.74) is 6.46. The lowest BCUT2D eigenvalue weighted by atomic mass is 10.1. The van der Waals surface area contributed by atoms with Crippen molar-refractivity contribution in [3.63, 3.8) is 0 Å². The number of alkyl halides is 2. The smallest absolute Gasteiger partial charge is 0.382 e. The Bertz CT molecular complexity index is 1930. The van der Waals surface area contributed by atoms with Gasteiger partial charge in [0, 0.05) is 19.4 Å². The zero-order valence-electron chi connectivity index (χ0n) is 24.0. The third-order valence-electron chi connectivity index (χ3n) is 7.73. The van der Waals surface area contributed by atoms with Crippen LogP contribution in [-0.2, 0) is 43.7 Å². The quantitative estimate of drug-likeness (QED) is 0.156. The summed E-state index contributed by atoms with van der Waals surface area (Å²) in [6, 6.07) is 0. The van der Waals surface area contributed by atoms with Crippen molar-refractivity contribution in [2.75, 3.05) is 18.9 Å². The Morgan fingerprint density at radius 2 is 1.53 bits per heavy atom. The lowest BCUT2D eigenvalue weighted by molar-refractivity contribution is -0.0547. The number of imidazole rings is 3. The van der Waals surface area contributed by atoms with Crippen molar-refractivity contribution >= 4 is 67.6 Å². The number of aliphatic imine (C=N–C) groups is 1. The highest BCUT2D eigenvalue weighted by Crippen LogP contribution is 2.60. The monoisotopic (exact) mass is 734 g/mol. The van der Waals surface area contributed by atoms with Crippen molar-refractivity contribution in [1.82, 2.24) is 38.6 Å². The highest BCUT2D eigenvalue weighted by molar-refractivity contribution is 8.44. The van der Waals surface area contributed by atoms with Crippen LogP contribution >= 0.6 is 38.1 Å². The number of nitrogens with two attached hydrogens (primary N) is 1. The molecule has 0 bridgehead atoms. The van der Waals surface area contributed by atoms with E-state index in [2.05, 4.69) is 61.1 Å². The van der Waals surface area contributed by atoms with Gasteiger partial charge in [-0.15, -0.1) is 0 Å². The van der Waals surface area contributed by atoms with Crippen molar-refractivity contribution in [1.29, 1.82) is 0 Å². The first kappa shape index (κ1) is 32.8. The maximum atomic E-state index is 16.2. The fourth-order valence-corrected chi connectivity index (χ4v) is 8.53. The van der Waals surface area contributed by atoms with Crippen LogP contribution in [0.2, 0.25) is 0 Å². The summed E-state index contributed by atoms with van der Waals surface area (Å²) in [5.74, 6) is 0.591. The van der Waals surface area contributed by atoms with Crippen LogP contribution in [0.3, 0.4) is 0 Å². The predicted octanol–water partition coefficient (Wildman–Crippen LogP) is 3.40. The van der Waals surface area contributed by atoms with Gasteiger partial charge >= 0.3 is 13.6 Å².